The molecule has 0 nitrogen and oxygen atoms in total. The van der Waals surface area contributed by atoms with Gasteiger partial charge in [0.05, 0.1) is 0 Å². The Morgan fingerprint density at radius 1 is 1.47 bits per heavy atom. The Labute approximate surface area is 109 Å². The van der Waals surface area contributed by atoms with Crippen molar-refractivity contribution in [2.45, 2.75) is 13.8 Å². The first kappa shape index (κ1) is 13.1. The number of hydrogen-bond acceptors (Lipinski definition) is 0. The quantitative estimate of drug-likeness (QED) is 0.658. The highest BCUT2D eigenvalue weighted by molar-refractivity contribution is 9.10. The van der Waals surface area contributed by atoms with Crippen LogP contribution in [0.1, 0.15) is 19.4 Å². The van der Waals surface area contributed by atoms with Gasteiger partial charge in [0.2, 0.25) is 0 Å². The standard InChI is InChI=1S/C12H13BrCl2/c1-8(2)10(7-14)5-9-3-4-11(15)6-12(9)13/h3-6,8H,7H2,1-2H3/b10-5+. The minimum atomic E-state index is 0.463. The van der Waals surface area contributed by atoms with Gasteiger partial charge in [-0.05, 0) is 23.6 Å². The highest BCUT2D eigenvalue weighted by Gasteiger charge is 2.04. The first-order valence-corrected chi connectivity index (χ1v) is 6.46. The molecule has 0 bridgehead atoms. The van der Waals surface area contributed by atoms with Crippen molar-refractivity contribution < 1.29 is 0 Å². The van der Waals surface area contributed by atoms with E-state index in [-0.39, 0.29) is 0 Å². The molecule has 0 fully saturated rings. The van der Waals surface area contributed by atoms with Crippen LogP contribution in [-0.4, -0.2) is 5.88 Å². The number of benzene rings is 1. The molecular formula is C12H13BrCl2. The topological polar surface area (TPSA) is 0 Å². The van der Waals surface area contributed by atoms with E-state index in [9.17, 15) is 0 Å². The van der Waals surface area contributed by atoms with E-state index in [0.29, 0.717) is 11.8 Å². The van der Waals surface area contributed by atoms with Gasteiger partial charge in [-0.2, -0.15) is 0 Å². The molecule has 0 aliphatic rings. The third kappa shape index (κ3) is 3.82. The van der Waals surface area contributed by atoms with Crippen molar-refractivity contribution in [3.63, 3.8) is 0 Å². The molecule has 15 heavy (non-hydrogen) atoms. The molecule has 82 valence electrons. The van der Waals surface area contributed by atoms with Crippen LogP contribution in [0.2, 0.25) is 5.02 Å². The van der Waals surface area contributed by atoms with Crippen LogP contribution in [0.15, 0.2) is 28.2 Å². The molecule has 3 heteroatoms. The molecule has 0 aliphatic carbocycles. The van der Waals surface area contributed by atoms with Gasteiger partial charge in [-0.1, -0.05) is 59.1 Å². The van der Waals surface area contributed by atoms with Crippen LogP contribution in [0.5, 0.6) is 0 Å². The number of alkyl halides is 1. The maximum Gasteiger partial charge on any atom is 0.0439 e. The Morgan fingerprint density at radius 2 is 2.13 bits per heavy atom. The van der Waals surface area contributed by atoms with Crippen molar-refractivity contribution in [1.29, 1.82) is 0 Å². The second-order valence-corrected chi connectivity index (χ2v) is 5.23. The number of rotatable bonds is 3. The van der Waals surface area contributed by atoms with Gasteiger partial charge in [-0.15, -0.1) is 11.6 Å². The zero-order chi connectivity index (χ0) is 11.4. The summed E-state index contributed by atoms with van der Waals surface area (Å²) in [6, 6.07) is 5.76. The lowest BCUT2D eigenvalue weighted by molar-refractivity contribution is 0.778. The van der Waals surface area contributed by atoms with Gasteiger partial charge in [-0.25, -0.2) is 0 Å². The van der Waals surface area contributed by atoms with Crippen LogP contribution < -0.4 is 0 Å². The predicted molar refractivity (Wildman–Crippen MR) is 72.7 cm³/mol. The lowest BCUT2D eigenvalue weighted by atomic mass is 10.0. The zero-order valence-electron chi connectivity index (χ0n) is 8.73. The fraction of sp³-hybridized carbons (Fsp3) is 0.333. The predicted octanol–water partition coefficient (Wildman–Crippen LogP) is 5.38. The SMILES string of the molecule is CC(C)/C(=C/c1ccc(Cl)cc1Br)CCl. The molecular weight excluding hydrogens is 295 g/mol. The molecule has 0 radical (unpaired) electrons. The largest absolute Gasteiger partial charge is 0.122 e. The molecule has 0 aromatic heterocycles. The highest BCUT2D eigenvalue weighted by atomic mass is 79.9. The molecule has 1 aromatic carbocycles. The van der Waals surface area contributed by atoms with Crippen molar-refractivity contribution in [2.75, 3.05) is 5.88 Å². The third-order valence-corrected chi connectivity index (χ3v) is 3.43. The molecule has 0 N–H and O–H groups in total. The van der Waals surface area contributed by atoms with E-state index < -0.39 is 0 Å². The van der Waals surface area contributed by atoms with E-state index in [1.54, 1.807) is 0 Å². The summed E-state index contributed by atoms with van der Waals surface area (Å²) in [4.78, 5) is 0. The van der Waals surface area contributed by atoms with Gasteiger partial charge in [0, 0.05) is 15.4 Å². The zero-order valence-corrected chi connectivity index (χ0v) is 11.8. The first-order chi connectivity index (χ1) is 7.04. The summed E-state index contributed by atoms with van der Waals surface area (Å²) in [5.74, 6) is 1.03. The van der Waals surface area contributed by atoms with Gasteiger partial charge >= 0.3 is 0 Å². The Hall–Kier alpha value is 0.0200. The summed E-state index contributed by atoms with van der Waals surface area (Å²) in [6.07, 6.45) is 2.11. The molecule has 1 rings (SSSR count). The van der Waals surface area contributed by atoms with Gasteiger partial charge in [0.1, 0.15) is 0 Å². The monoisotopic (exact) mass is 306 g/mol. The minimum absolute atomic E-state index is 0.463. The maximum absolute atomic E-state index is 5.89. The summed E-state index contributed by atoms with van der Waals surface area (Å²) in [6.45, 7) is 4.27. The molecule has 1 aromatic rings. The Balaban J connectivity index is 3.06. The molecule has 0 atom stereocenters. The van der Waals surface area contributed by atoms with Gasteiger partial charge in [0.25, 0.3) is 0 Å². The average molecular weight is 308 g/mol. The van der Waals surface area contributed by atoms with Gasteiger partial charge in [-0.3, -0.25) is 0 Å². The molecule has 0 amide bonds. The van der Waals surface area contributed by atoms with E-state index in [1.807, 2.05) is 18.2 Å². The Bertz CT molecular complexity index is 370. The second kappa shape index (κ2) is 5.93. The molecule has 0 unspecified atom stereocenters. The van der Waals surface area contributed by atoms with Crippen LogP contribution in [0.4, 0.5) is 0 Å². The summed E-state index contributed by atoms with van der Waals surface area (Å²) in [5, 5.41) is 0.732. The van der Waals surface area contributed by atoms with Crippen molar-refractivity contribution in [3.8, 4) is 0 Å². The molecule has 0 aliphatic heterocycles. The number of hydrogen-bond donors (Lipinski definition) is 0. The molecule has 0 spiro atoms. The fourth-order valence-corrected chi connectivity index (χ4v) is 2.36. The van der Waals surface area contributed by atoms with E-state index in [2.05, 4.69) is 35.9 Å². The summed E-state index contributed by atoms with van der Waals surface area (Å²) >= 11 is 15.2. The lowest BCUT2D eigenvalue weighted by Crippen LogP contribution is -1.95. The van der Waals surface area contributed by atoms with Crippen molar-refractivity contribution in [2.24, 2.45) is 5.92 Å². The summed E-state index contributed by atoms with van der Waals surface area (Å²) in [5.41, 5.74) is 2.34. The Morgan fingerprint density at radius 3 is 2.60 bits per heavy atom. The van der Waals surface area contributed by atoms with Gasteiger partial charge < -0.3 is 0 Å². The number of halogens is 3. The fourth-order valence-electron chi connectivity index (χ4n) is 1.18. The summed E-state index contributed by atoms with van der Waals surface area (Å²) < 4.78 is 0.998. The van der Waals surface area contributed by atoms with E-state index in [1.165, 1.54) is 5.57 Å². The van der Waals surface area contributed by atoms with Crippen LogP contribution in [0, 0.1) is 5.92 Å². The molecule has 0 saturated carbocycles. The maximum atomic E-state index is 5.89. The third-order valence-electron chi connectivity index (χ3n) is 2.20. The van der Waals surface area contributed by atoms with Crippen LogP contribution in [-0.2, 0) is 0 Å². The van der Waals surface area contributed by atoms with Crippen LogP contribution in [0.3, 0.4) is 0 Å². The molecule has 0 heterocycles. The highest BCUT2D eigenvalue weighted by Crippen LogP contribution is 2.25. The summed E-state index contributed by atoms with van der Waals surface area (Å²) in [7, 11) is 0. The molecule has 0 saturated heterocycles. The minimum Gasteiger partial charge on any atom is -0.122 e. The average Bonchev–Trinajstić information content (AvgIpc) is 2.16. The first-order valence-electron chi connectivity index (χ1n) is 4.76. The van der Waals surface area contributed by atoms with Crippen molar-refractivity contribution >= 4 is 45.2 Å². The smallest absolute Gasteiger partial charge is 0.0439 e. The van der Waals surface area contributed by atoms with Crippen LogP contribution >= 0.6 is 39.1 Å². The van der Waals surface area contributed by atoms with E-state index >= 15 is 0 Å². The lowest BCUT2D eigenvalue weighted by Gasteiger charge is -2.08. The van der Waals surface area contributed by atoms with E-state index in [4.69, 9.17) is 23.2 Å². The van der Waals surface area contributed by atoms with Crippen molar-refractivity contribution in [1.82, 2.24) is 0 Å². The van der Waals surface area contributed by atoms with Gasteiger partial charge in [0.15, 0.2) is 0 Å². The second-order valence-electron chi connectivity index (χ2n) is 3.67. The normalized spacial score (nSPS) is 12.3. The van der Waals surface area contributed by atoms with Crippen molar-refractivity contribution in [3.05, 3.63) is 38.8 Å². The van der Waals surface area contributed by atoms with Crippen LogP contribution in [0.25, 0.3) is 6.08 Å². The van der Waals surface area contributed by atoms with E-state index in [0.717, 1.165) is 15.1 Å². The number of allylic oxidation sites excluding steroid dienone is 1. The Kier molecular flexibility index (Phi) is 5.17.